The number of imide groups is 1. The van der Waals surface area contributed by atoms with Crippen LogP contribution >= 0.6 is 0 Å². The molecule has 1 heterocycles. The van der Waals surface area contributed by atoms with Gasteiger partial charge < -0.3 is 5.32 Å². The second kappa shape index (κ2) is 7.83. The van der Waals surface area contributed by atoms with E-state index in [-0.39, 0.29) is 30.7 Å². The minimum absolute atomic E-state index is 0.185. The van der Waals surface area contributed by atoms with Crippen LogP contribution in [-0.2, 0) is 11.2 Å². The van der Waals surface area contributed by atoms with Gasteiger partial charge in [0.2, 0.25) is 5.91 Å². The molecule has 6 heteroatoms. The zero-order valence-electron chi connectivity index (χ0n) is 15.0. The van der Waals surface area contributed by atoms with Gasteiger partial charge in [-0.25, -0.2) is 0 Å². The van der Waals surface area contributed by atoms with Crippen molar-refractivity contribution >= 4 is 23.4 Å². The first-order chi connectivity index (χ1) is 13.0. The molecule has 0 saturated carbocycles. The summed E-state index contributed by atoms with van der Waals surface area (Å²) in [6.45, 7) is 2.08. The van der Waals surface area contributed by atoms with Crippen molar-refractivity contribution in [3.05, 3.63) is 64.7 Å². The number of rotatable bonds is 6. The van der Waals surface area contributed by atoms with Crippen molar-refractivity contribution in [1.82, 2.24) is 4.90 Å². The predicted octanol–water partition coefficient (Wildman–Crippen LogP) is 3.08. The maximum atomic E-state index is 12.4. The largest absolute Gasteiger partial charge is 0.326 e. The van der Waals surface area contributed by atoms with Crippen molar-refractivity contribution < 1.29 is 14.4 Å². The normalized spacial score (nSPS) is 12.7. The predicted molar refractivity (Wildman–Crippen MR) is 100 cm³/mol. The van der Waals surface area contributed by atoms with E-state index in [0.717, 1.165) is 11.1 Å². The van der Waals surface area contributed by atoms with Crippen molar-refractivity contribution in [2.75, 3.05) is 11.9 Å². The molecule has 1 N–H and O–H groups in total. The third kappa shape index (κ3) is 4.04. The van der Waals surface area contributed by atoms with E-state index in [4.69, 9.17) is 5.26 Å². The Labute approximate surface area is 157 Å². The number of carbonyl (C=O) groups excluding carboxylic acids is 3. The van der Waals surface area contributed by atoms with E-state index in [9.17, 15) is 14.4 Å². The van der Waals surface area contributed by atoms with Crippen molar-refractivity contribution in [2.45, 2.75) is 26.2 Å². The Kier molecular flexibility index (Phi) is 5.32. The lowest BCUT2D eigenvalue weighted by atomic mass is 10.1. The average Bonchev–Trinajstić information content (AvgIpc) is 2.88. The van der Waals surface area contributed by atoms with E-state index < -0.39 is 0 Å². The molecule has 3 amide bonds. The van der Waals surface area contributed by atoms with Gasteiger partial charge >= 0.3 is 0 Å². The SMILES string of the molecule is Cc1ccc2c(c1)C(=O)N(CCCC(=O)Nc1ccc(CC#N)cc1)C2=O. The second-order valence-corrected chi connectivity index (χ2v) is 6.49. The number of carbonyl (C=O) groups is 3. The molecular weight excluding hydrogens is 342 g/mol. The molecule has 27 heavy (non-hydrogen) atoms. The van der Waals surface area contributed by atoms with Crippen LogP contribution in [0.15, 0.2) is 42.5 Å². The number of nitrogens with zero attached hydrogens (tertiary/aromatic N) is 2. The zero-order chi connectivity index (χ0) is 19.4. The molecule has 0 bridgehead atoms. The molecule has 0 unspecified atom stereocenters. The summed E-state index contributed by atoms with van der Waals surface area (Å²) in [7, 11) is 0. The Morgan fingerprint density at radius 3 is 2.48 bits per heavy atom. The van der Waals surface area contributed by atoms with E-state index in [2.05, 4.69) is 11.4 Å². The first kappa shape index (κ1) is 18.3. The summed E-state index contributed by atoms with van der Waals surface area (Å²) in [6, 6.07) is 14.3. The Balaban J connectivity index is 1.51. The number of amides is 3. The standard InChI is InChI=1S/C21H19N3O3/c1-14-4-9-17-18(13-14)21(27)24(20(17)26)12-2-3-19(25)23-16-7-5-15(6-8-16)10-11-22/h4-9,13H,2-3,10,12H2,1H3,(H,23,25). The van der Waals surface area contributed by atoms with Crippen LogP contribution in [-0.4, -0.2) is 29.2 Å². The molecule has 1 aliphatic heterocycles. The number of anilines is 1. The van der Waals surface area contributed by atoms with Crippen molar-refractivity contribution in [3.8, 4) is 6.07 Å². The number of nitrogens with one attached hydrogen (secondary N) is 1. The van der Waals surface area contributed by atoms with Gasteiger partial charge in [0.15, 0.2) is 0 Å². The monoisotopic (exact) mass is 361 g/mol. The number of aryl methyl sites for hydroxylation is 1. The van der Waals surface area contributed by atoms with Gasteiger partial charge in [0.25, 0.3) is 11.8 Å². The topological polar surface area (TPSA) is 90.3 Å². The van der Waals surface area contributed by atoms with Gasteiger partial charge in [-0.15, -0.1) is 0 Å². The Morgan fingerprint density at radius 2 is 1.78 bits per heavy atom. The highest BCUT2D eigenvalue weighted by Gasteiger charge is 2.34. The van der Waals surface area contributed by atoms with Crippen LogP contribution in [0.5, 0.6) is 0 Å². The van der Waals surface area contributed by atoms with Crippen LogP contribution in [0.4, 0.5) is 5.69 Å². The van der Waals surface area contributed by atoms with E-state index in [1.54, 1.807) is 36.4 Å². The van der Waals surface area contributed by atoms with Crippen LogP contribution in [0.25, 0.3) is 0 Å². The molecule has 0 fully saturated rings. The number of nitriles is 1. The van der Waals surface area contributed by atoms with Crippen molar-refractivity contribution in [2.24, 2.45) is 0 Å². The van der Waals surface area contributed by atoms with E-state index in [1.165, 1.54) is 4.90 Å². The molecule has 0 aliphatic carbocycles. The van der Waals surface area contributed by atoms with E-state index >= 15 is 0 Å². The maximum Gasteiger partial charge on any atom is 0.261 e. The molecule has 0 radical (unpaired) electrons. The highest BCUT2D eigenvalue weighted by molar-refractivity contribution is 6.21. The first-order valence-corrected chi connectivity index (χ1v) is 8.72. The van der Waals surface area contributed by atoms with Crippen molar-refractivity contribution in [1.29, 1.82) is 5.26 Å². The Morgan fingerprint density at radius 1 is 1.07 bits per heavy atom. The highest BCUT2D eigenvalue weighted by atomic mass is 16.2. The third-order valence-corrected chi connectivity index (χ3v) is 4.43. The molecule has 0 spiro atoms. The van der Waals surface area contributed by atoms with Crippen LogP contribution in [0.3, 0.4) is 0 Å². The van der Waals surface area contributed by atoms with Crippen LogP contribution < -0.4 is 5.32 Å². The van der Waals surface area contributed by atoms with Crippen LogP contribution in [0.1, 0.15) is 44.7 Å². The Bertz CT molecular complexity index is 942. The van der Waals surface area contributed by atoms with E-state index in [0.29, 0.717) is 29.7 Å². The van der Waals surface area contributed by atoms with Gasteiger partial charge in [-0.3, -0.25) is 19.3 Å². The summed E-state index contributed by atoms with van der Waals surface area (Å²) in [4.78, 5) is 38.0. The van der Waals surface area contributed by atoms with Gasteiger partial charge in [0.1, 0.15) is 0 Å². The van der Waals surface area contributed by atoms with Gasteiger partial charge in [-0.2, -0.15) is 5.26 Å². The minimum atomic E-state index is -0.302. The number of hydrogen-bond donors (Lipinski definition) is 1. The molecule has 1 aliphatic rings. The average molecular weight is 361 g/mol. The third-order valence-electron chi connectivity index (χ3n) is 4.43. The lowest BCUT2D eigenvalue weighted by Crippen LogP contribution is -2.31. The van der Waals surface area contributed by atoms with Gasteiger partial charge in [-0.05, 0) is 43.2 Å². The van der Waals surface area contributed by atoms with Crippen LogP contribution in [0, 0.1) is 18.3 Å². The molecule has 0 aromatic heterocycles. The van der Waals surface area contributed by atoms with Gasteiger partial charge in [0, 0.05) is 18.7 Å². The summed E-state index contributed by atoms with van der Waals surface area (Å²) >= 11 is 0. The smallest absolute Gasteiger partial charge is 0.261 e. The lowest BCUT2D eigenvalue weighted by molar-refractivity contribution is -0.116. The number of benzene rings is 2. The lowest BCUT2D eigenvalue weighted by Gasteiger charge is -2.13. The fourth-order valence-electron chi connectivity index (χ4n) is 3.03. The van der Waals surface area contributed by atoms with E-state index in [1.807, 2.05) is 13.0 Å². The molecule has 6 nitrogen and oxygen atoms in total. The number of hydrogen-bond acceptors (Lipinski definition) is 4. The molecular formula is C21H19N3O3. The zero-order valence-corrected chi connectivity index (χ0v) is 15.0. The molecule has 2 aromatic carbocycles. The van der Waals surface area contributed by atoms with Gasteiger partial charge in [-0.1, -0.05) is 23.8 Å². The molecule has 3 rings (SSSR count). The summed E-state index contributed by atoms with van der Waals surface area (Å²) in [5.74, 6) is -0.786. The maximum absolute atomic E-state index is 12.4. The number of fused-ring (bicyclic) bond motifs is 1. The molecule has 2 aromatic rings. The summed E-state index contributed by atoms with van der Waals surface area (Å²) < 4.78 is 0. The quantitative estimate of drug-likeness (QED) is 0.801. The fourth-order valence-corrected chi connectivity index (χ4v) is 3.03. The van der Waals surface area contributed by atoms with Crippen LogP contribution in [0.2, 0.25) is 0 Å². The molecule has 0 saturated heterocycles. The minimum Gasteiger partial charge on any atom is -0.326 e. The highest BCUT2D eigenvalue weighted by Crippen LogP contribution is 2.24. The first-order valence-electron chi connectivity index (χ1n) is 8.72. The summed E-state index contributed by atoms with van der Waals surface area (Å²) in [5, 5.41) is 11.4. The molecule has 136 valence electrons. The van der Waals surface area contributed by atoms with Gasteiger partial charge in [0.05, 0.1) is 23.6 Å². The van der Waals surface area contributed by atoms with Crippen molar-refractivity contribution in [3.63, 3.8) is 0 Å². The summed E-state index contributed by atoms with van der Waals surface area (Å²) in [5.41, 5.74) is 3.32. The molecule has 0 atom stereocenters. The summed E-state index contributed by atoms with van der Waals surface area (Å²) in [6.07, 6.45) is 0.920. The Hall–Kier alpha value is -3.46. The fraction of sp³-hybridized carbons (Fsp3) is 0.238. The second-order valence-electron chi connectivity index (χ2n) is 6.49.